The molecule has 1 aliphatic rings. The van der Waals surface area contributed by atoms with Crippen molar-refractivity contribution < 1.29 is 28.9 Å². The summed E-state index contributed by atoms with van der Waals surface area (Å²) in [4.78, 5) is 34.5. The Morgan fingerprint density at radius 1 is 1.28 bits per heavy atom. The molecule has 0 unspecified atom stereocenters. The summed E-state index contributed by atoms with van der Waals surface area (Å²) < 4.78 is 20.5. The van der Waals surface area contributed by atoms with Crippen LogP contribution in [0.5, 0.6) is 5.75 Å². The van der Waals surface area contributed by atoms with Crippen molar-refractivity contribution >= 4 is 39.3 Å². The number of ether oxygens (including phenoxy) is 1. The van der Waals surface area contributed by atoms with Gasteiger partial charge in [0.05, 0.1) is 42.7 Å². The van der Waals surface area contributed by atoms with Crippen LogP contribution in [0.4, 0.5) is 20.6 Å². The summed E-state index contributed by atoms with van der Waals surface area (Å²) in [6.45, 7) is 0.110. The van der Waals surface area contributed by atoms with E-state index >= 15 is 0 Å². The maximum Gasteiger partial charge on any atom is 0.404 e. The molecular formula is C24H23BrFN5O5. The number of rotatable bonds is 7. The number of nitrogens with one attached hydrogen (secondary N) is 2. The number of aliphatic hydroxyl groups excluding tert-OH is 1. The highest BCUT2D eigenvalue weighted by atomic mass is 79.9. The zero-order valence-electron chi connectivity index (χ0n) is 19.1. The van der Waals surface area contributed by atoms with Crippen molar-refractivity contribution in [1.29, 1.82) is 0 Å². The SMILES string of the molecule is COc1cccc(F)c1-c1nccc(C(=O)Nc2ccc(Br)cc2N2C[C@@H](NC(=O)O)C[C@H]2CO)n1. The molecule has 1 saturated heterocycles. The summed E-state index contributed by atoms with van der Waals surface area (Å²) in [6.07, 6.45) is 0.616. The number of carbonyl (C=O) groups is 2. The minimum absolute atomic E-state index is 0.00361. The number of hydrogen-bond acceptors (Lipinski definition) is 7. The van der Waals surface area contributed by atoms with Gasteiger partial charge in [-0.1, -0.05) is 22.0 Å². The van der Waals surface area contributed by atoms with Gasteiger partial charge in [0, 0.05) is 17.2 Å². The first-order valence-electron chi connectivity index (χ1n) is 10.9. The smallest absolute Gasteiger partial charge is 0.404 e. The van der Waals surface area contributed by atoms with Crippen LogP contribution < -0.4 is 20.3 Å². The standard InChI is InChI=1S/C24H23BrFN5O5/c1-36-20-4-2-3-16(26)21(20)22-27-8-7-18(29-22)23(33)30-17-6-5-13(25)9-19(17)31-11-14(28-24(34)35)10-15(31)12-32/h2-9,14-15,28,32H,10-12H2,1H3,(H,30,33)(H,34,35)/t14-,15-/m0/s1. The fourth-order valence-corrected chi connectivity index (χ4v) is 4.54. The van der Waals surface area contributed by atoms with Crippen molar-refractivity contribution in [2.75, 3.05) is 30.5 Å². The topological polar surface area (TPSA) is 137 Å². The molecule has 2 aromatic carbocycles. The molecule has 2 amide bonds. The molecule has 1 aliphatic heterocycles. The minimum Gasteiger partial charge on any atom is -0.496 e. The fraction of sp³-hybridized carbons (Fsp3) is 0.250. The molecule has 4 rings (SSSR count). The lowest BCUT2D eigenvalue weighted by atomic mass is 10.1. The number of carbonyl (C=O) groups excluding carboxylic acids is 1. The van der Waals surface area contributed by atoms with Crippen LogP contribution >= 0.6 is 15.9 Å². The Balaban J connectivity index is 1.63. The molecule has 2 atom stereocenters. The highest BCUT2D eigenvalue weighted by Gasteiger charge is 2.34. The lowest BCUT2D eigenvalue weighted by molar-refractivity contribution is 0.102. The van der Waals surface area contributed by atoms with Gasteiger partial charge in [0.1, 0.15) is 17.3 Å². The van der Waals surface area contributed by atoms with Crippen LogP contribution in [0.15, 0.2) is 53.1 Å². The van der Waals surface area contributed by atoms with E-state index in [0.717, 1.165) is 4.47 Å². The van der Waals surface area contributed by atoms with Gasteiger partial charge in [0.25, 0.3) is 5.91 Å². The molecule has 2 heterocycles. The summed E-state index contributed by atoms with van der Waals surface area (Å²) in [5.74, 6) is -0.916. The van der Waals surface area contributed by atoms with E-state index in [1.807, 2.05) is 4.90 Å². The van der Waals surface area contributed by atoms with Crippen molar-refractivity contribution in [2.24, 2.45) is 0 Å². The van der Waals surface area contributed by atoms with Crippen LogP contribution in [0.25, 0.3) is 11.4 Å². The number of benzene rings is 2. The van der Waals surface area contributed by atoms with Gasteiger partial charge in [-0.05, 0) is 42.8 Å². The Hall–Kier alpha value is -3.77. The van der Waals surface area contributed by atoms with Crippen LogP contribution in [0.1, 0.15) is 16.9 Å². The second-order valence-corrected chi connectivity index (χ2v) is 8.98. The zero-order chi connectivity index (χ0) is 25.8. The van der Waals surface area contributed by atoms with Crippen molar-refractivity contribution in [3.8, 4) is 17.1 Å². The van der Waals surface area contributed by atoms with Crippen LogP contribution in [0, 0.1) is 5.82 Å². The van der Waals surface area contributed by atoms with Gasteiger partial charge in [0.2, 0.25) is 0 Å². The normalized spacial score (nSPS) is 17.1. The molecule has 10 nitrogen and oxygen atoms in total. The maximum atomic E-state index is 14.5. The van der Waals surface area contributed by atoms with E-state index in [2.05, 4.69) is 36.5 Å². The Morgan fingerprint density at radius 3 is 2.81 bits per heavy atom. The van der Waals surface area contributed by atoms with Crippen LogP contribution in [-0.4, -0.2) is 64.5 Å². The first-order chi connectivity index (χ1) is 17.3. The Labute approximate surface area is 214 Å². The third kappa shape index (κ3) is 5.39. The number of aliphatic hydroxyl groups is 1. The van der Waals surface area contributed by atoms with Crippen molar-refractivity contribution in [3.05, 3.63) is 64.6 Å². The highest BCUT2D eigenvalue weighted by Crippen LogP contribution is 2.35. The molecule has 0 aliphatic carbocycles. The second-order valence-electron chi connectivity index (χ2n) is 8.07. The van der Waals surface area contributed by atoms with Gasteiger partial charge in [-0.2, -0.15) is 0 Å². The van der Waals surface area contributed by atoms with Crippen LogP contribution in [0.2, 0.25) is 0 Å². The molecule has 1 aromatic heterocycles. The predicted octanol–water partition coefficient (Wildman–Crippen LogP) is 3.51. The number of hydrogen-bond donors (Lipinski definition) is 4. The monoisotopic (exact) mass is 559 g/mol. The number of nitrogens with zero attached hydrogens (tertiary/aromatic N) is 3. The van der Waals surface area contributed by atoms with E-state index in [1.54, 1.807) is 24.3 Å². The van der Waals surface area contributed by atoms with Crippen molar-refractivity contribution in [2.45, 2.75) is 18.5 Å². The van der Waals surface area contributed by atoms with Gasteiger partial charge in [-0.15, -0.1) is 0 Å². The Morgan fingerprint density at radius 2 is 2.08 bits per heavy atom. The third-order valence-electron chi connectivity index (χ3n) is 5.78. The van der Waals surface area contributed by atoms with Crippen molar-refractivity contribution in [1.82, 2.24) is 15.3 Å². The van der Waals surface area contributed by atoms with Gasteiger partial charge >= 0.3 is 6.09 Å². The fourth-order valence-electron chi connectivity index (χ4n) is 4.20. The van der Waals surface area contributed by atoms with E-state index in [1.165, 1.54) is 31.5 Å². The van der Waals surface area contributed by atoms with E-state index in [4.69, 9.17) is 9.84 Å². The second kappa shape index (κ2) is 10.9. The summed E-state index contributed by atoms with van der Waals surface area (Å²) in [6, 6.07) is 10.2. The number of methoxy groups -OCH3 is 1. The number of amides is 2. The zero-order valence-corrected chi connectivity index (χ0v) is 20.7. The highest BCUT2D eigenvalue weighted by molar-refractivity contribution is 9.10. The summed E-state index contributed by atoms with van der Waals surface area (Å²) in [5, 5.41) is 24.3. The minimum atomic E-state index is -1.15. The molecule has 1 fully saturated rings. The van der Waals surface area contributed by atoms with Gasteiger partial charge in [0.15, 0.2) is 5.82 Å². The summed E-state index contributed by atoms with van der Waals surface area (Å²) in [7, 11) is 1.40. The Bertz CT molecular complexity index is 1290. The molecule has 3 aromatic rings. The largest absolute Gasteiger partial charge is 0.496 e. The molecule has 0 bridgehead atoms. The number of anilines is 2. The number of aromatic nitrogens is 2. The number of carboxylic acid groups (broad SMARTS) is 1. The average molecular weight is 560 g/mol. The van der Waals surface area contributed by atoms with E-state index in [9.17, 15) is 19.1 Å². The lowest BCUT2D eigenvalue weighted by Crippen LogP contribution is -2.36. The molecule has 0 radical (unpaired) electrons. The first kappa shape index (κ1) is 25.3. The maximum absolute atomic E-state index is 14.5. The molecule has 12 heteroatoms. The quantitative estimate of drug-likeness (QED) is 0.345. The Kier molecular flexibility index (Phi) is 7.65. The molecule has 4 N–H and O–H groups in total. The molecule has 188 valence electrons. The molecule has 0 spiro atoms. The first-order valence-corrected chi connectivity index (χ1v) is 11.7. The molecule has 36 heavy (non-hydrogen) atoms. The lowest BCUT2D eigenvalue weighted by Gasteiger charge is -2.27. The summed E-state index contributed by atoms with van der Waals surface area (Å²) in [5.41, 5.74) is 1.07. The van der Waals surface area contributed by atoms with E-state index in [-0.39, 0.29) is 41.5 Å². The van der Waals surface area contributed by atoms with Crippen LogP contribution in [0.3, 0.4) is 0 Å². The van der Waals surface area contributed by atoms with Gasteiger partial charge in [-0.25, -0.2) is 19.2 Å². The average Bonchev–Trinajstić information content (AvgIpc) is 3.26. The van der Waals surface area contributed by atoms with E-state index < -0.39 is 17.8 Å². The molecule has 0 saturated carbocycles. The number of halogens is 2. The van der Waals surface area contributed by atoms with E-state index in [0.29, 0.717) is 24.3 Å². The predicted molar refractivity (Wildman–Crippen MR) is 134 cm³/mol. The van der Waals surface area contributed by atoms with Gasteiger partial charge < -0.3 is 30.5 Å². The van der Waals surface area contributed by atoms with Gasteiger partial charge in [-0.3, -0.25) is 4.79 Å². The molecular weight excluding hydrogens is 537 g/mol. The third-order valence-corrected chi connectivity index (χ3v) is 6.27. The van der Waals surface area contributed by atoms with Crippen LogP contribution in [-0.2, 0) is 0 Å². The van der Waals surface area contributed by atoms with Crippen molar-refractivity contribution in [3.63, 3.8) is 0 Å². The summed E-state index contributed by atoms with van der Waals surface area (Å²) >= 11 is 3.43.